The van der Waals surface area contributed by atoms with Crippen molar-refractivity contribution in [3.05, 3.63) is 132 Å². The first-order chi connectivity index (χ1) is 22.0. The molecule has 0 spiro atoms. The molecule has 9 nitrogen and oxygen atoms in total. The van der Waals surface area contributed by atoms with Crippen LogP contribution in [0, 0.1) is 0 Å². The molecular formula is C35H28N4O5S. The molecule has 0 saturated heterocycles. The molecule has 2 aromatic heterocycles. The summed E-state index contributed by atoms with van der Waals surface area (Å²) >= 11 is 1.24. The topological polar surface area (TPSA) is 122 Å². The van der Waals surface area contributed by atoms with Crippen molar-refractivity contribution in [2.45, 2.75) is 12.5 Å². The maximum atomic E-state index is 13.1. The number of anilines is 1. The number of para-hydroxylation sites is 2. The van der Waals surface area contributed by atoms with Gasteiger partial charge in [0.2, 0.25) is 0 Å². The maximum absolute atomic E-state index is 13.1. The Morgan fingerprint density at radius 3 is 2.42 bits per heavy atom. The molecule has 0 saturated carbocycles. The van der Waals surface area contributed by atoms with Crippen molar-refractivity contribution in [3.63, 3.8) is 0 Å². The summed E-state index contributed by atoms with van der Waals surface area (Å²) in [7, 11) is 1.30. The first-order valence-electron chi connectivity index (χ1n) is 14.1. The van der Waals surface area contributed by atoms with Gasteiger partial charge in [-0.25, -0.2) is 9.78 Å². The summed E-state index contributed by atoms with van der Waals surface area (Å²) in [6, 6.07) is 30.3. The van der Waals surface area contributed by atoms with E-state index in [1.54, 1.807) is 42.5 Å². The third-order valence-corrected chi connectivity index (χ3v) is 8.13. The SMILES string of the molecule is COC(=O)[C@H](Cc1c[nH]c2ccccc12)NC(=O)c1ccc(-c2ncc(C(=O)Nc3cccc(Oc4ccccc4)c3)s2)cc1. The Balaban J connectivity index is 1.09. The van der Waals surface area contributed by atoms with E-state index in [1.807, 2.05) is 66.9 Å². The molecule has 10 heteroatoms. The molecular weight excluding hydrogens is 588 g/mol. The van der Waals surface area contributed by atoms with E-state index in [9.17, 15) is 14.4 Å². The van der Waals surface area contributed by atoms with E-state index < -0.39 is 17.9 Å². The van der Waals surface area contributed by atoms with Gasteiger partial charge in [0, 0.05) is 46.4 Å². The Morgan fingerprint density at radius 2 is 1.62 bits per heavy atom. The zero-order valence-electron chi connectivity index (χ0n) is 24.2. The van der Waals surface area contributed by atoms with Crippen LogP contribution in [0.15, 0.2) is 116 Å². The fourth-order valence-corrected chi connectivity index (χ4v) is 5.65. The molecule has 6 rings (SSSR count). The zero-order valence-corrected chi connectivity index (χ0v) is 25.0. The number of benzene rings is 4. The summed E-state index contributed by atoms with van der Waals surface area (Å²) in [4.78, 5) is 46.7. The molecule has 0 unspecified atom stereocenters. The normalized spacial score (nSPS) is 11.5. The number of carbonyl (C=O) groups is 3. The largest absolute Gasteiger partial charge is 0.467 e. The highest BCUT2D eigenvalue weighted by Gasteiger charge is 2.24. The van der Waals surface area contributed by atoms with Gasteiger partial charge in [-0.05, 0) is 48.0 Å². The molecule has 2 heterocycles. The molecule has 0 aliphatic rings. The summed E-state index contributed by atoms with van der Waals surface area (Å²) in [6.45, 7) is 0. The lowest BCUT2D eigenvalue weighted by Crippen LogP contribution is -2.43. The average molecular weight is 617 g/mol. The van der Waals surface area contributed by atoms with Crippen LogP contribution in [0.2, 0.25) is 0 Å². The van der Waals surface area contributed by atoms with Gasteiger partial charge in [0.1, 0.15) is 27.4 Å². The number of hydrogen-bond donors (Lipinski definition) is 3. The number of carbonyl (C=O) groups excluding carboxylic acids is 3. The van der Waals surface area contributed by atoms with Crippen molar-refractivity contribution in [1.82, 2.24) is 15.3 Å². The van der Waals surface area contributed by atoms with E-state index in [1.165, 1.54) is 24.6 Å². The molecule has 3 N–H and O–H groups in total. The van der Waals surface area contributed by atoms with Crippen molar-refractivity contribution in [1.29, 1.82) is 0 Å². The number of esters is 1. The first-order valence-corrected chi connectivity index (χ1v) is 14.9. The lowest BCUT2D eigenvalue weighted by molar-refractivity contribution is -0.142. The minimum Gasteiger partial charge on any atom is -0.467 e. The quantitative estimate of drug-likeness (QED) is 0.145. The zero-order chi connectivity index (χ0) is 31.2. The maximum Gasteiger partial charge on any atom is 0.328 e. The Hall–Kier alpha value is -5.74. The van der Waals surface area contributed by atoms with Crippen molar-refractivity contribution in [2.24, 2.45) is 0 Å². The third kappa shape index (κ3) is 6.92. The highest BCUT2D eigenvalue weighted by Crippen LogP contribution is 2.28. The van der Waals surface area contributed by atoms with Crippen molar-refractivity contribution >= 4 is 45.7 Å². The van der Waals surface area contributed by atoms with Gasteiger partial charge in [0.25, 0.3) is 11.8 Å². The van der Waals surface area contributed by atoms with E-state index >= 15 is 0 Å². The summed E-state index contributed by atoms with van der Waals surface area (Å²) in [5.41, 5.74) is 3.56. The molecule has 0 bridgehead atoms. The average Bonchev–Trinajstić information content (AvgIpc) is 3.73. The molecule has 45 heavy (non-hydrogen) atoms. The molecule has 4 aromatic carbocycles. The number of methoxy groups -OCH3 is 1. The summed E-state index contributed by atoms with van der Waals surface area (Å²) in [6.07, 6.45) is 3.63. The predicted octanol–water partition coefficient (Wildman–Crippen LogP) is 6.85. The van der Waals surface area contributed by atoms with Gasteiger partial charge in [0.15, 0.2) is 0 Å². The number of fused-ring (bicyclic) bond motifs is 1. The number of rotatable bonds is 10. The Morgan fingerprint density at radius 1 is 0.867 bits per heavy atom. The van der Waals surface area contributed by atoms with Crippen LogP contribution in [0.3, 0.4) is 0 Å². The Labute approximate surface area is 262 Å². The van der Waals surface area contributed by atoms with Crippen LogP contribution in [0.25, 0.3) is 21.5 Å². The van der Waals surface area contributed by atoms with Gasteiger partial charge >= 0.3 is 5.97 Å². The molecule has 6 aromatic rings. The monoisotopic (exact) mass is 616 g/mol. The van der Waals surface area contributed by atoms with E-state index in [2.05, 4.69) is 20.6 Å². The van der Waals surface area contributed by atoms with E-state index in [0.29, 0.717) is 32.6 Å². The molecule has 0 radical (unpaired) electrons. The number of aromatic nitrogens is 2. The minimum absolute atomic E-state index is 0.273. The van der Waals surface area contributed by atoms with Gasteiger partial charge in [-0.15, -0.1) is 11.3 Å². The van der Waals surface area contributed by atoms with Crippen LogP contribution >= 0.6 is 11.3 Å². The second-order valence-corrected chi connectivity index (χ2v) is 11.1. The second kappa shape index (κ2) is 13.3. The molecule has 0 aliphatic heterocycles. The highest BCUT2D eigenvalue weighted by molar-refractivity contribution is 7.17. The van der Waals surface area contributed by atoms with Crippen LogP contribution in [-0.4, -0.2) is 40.9 Å². The van der Waals surface area contributed by atoms with Crippen LogP contribution in [-0.2, 0) is 16.0 Å². The fraction of sp³-hybridized carbons (Fsp3) is 0.0857. The summed E-state index contributed by atoms with van der Waals surface area (Å²) < 4.78 is 10.8. The molecule has 2 amide bonds. The predicted molar refractivity (Wildman–Crippen MR) is 174 cm³/mol. The minimum atomic E-state index is -0.869. The van der Waals surface area contributed by atoms with Crippen LogP contribution in [0.1, 0.15) is 25.6 Å². The number of H-pyrrole nitrogens is 1. The number of amides is 2. The molecule has 0 fully saturated rings. The van der Waals surface area contributed by atoms with Gasteiger partial charge in [-0.2, -0.15) is 0 Å². The number of nitrogens with zero attached hydrogens (tertiary/aromatic N) is 1. The number of hydrogen-bond acceptors (Lipinski definition) is 7. The Bertz CT molecular complexity index is 1970. The van der Waals surface area contributed by atoms with E-state index in [4.69, 9.17) is 9.47 Å². The molecule has 224 valence electrons. The number of aromatic amines is 1. The van der Waals surface area contributed by atoms with Crippen LogP contribution in [0.4, 0.5) is 5.69 Å². The molecule has 0 aliphatic carbocycles. The van der Waals surface area contributed by atoms with Crippen LogP contribution < -0.4 is 15.4 Å². The summed E-state index contributed by atoms with van der Waals surface area (Å²) in [5.74, 6) is 0.0636. The Kier molecular flexibility index (Phi) is 8.65. The van der Waals surface area contributed by atoms with Crippen molar-refractivity contribution in [3.8, 4) is 22.1 Å². The van der Waals surface area contributed by atoms with Gasteiger partial charge in [-0.3, -0.25) is 9.59 Å². The number of nitrogens with one attached hydrogen (secondary N) is 3. The third-order valence-electron chi connectivity index (χ3n) is 7.08. The van der Waals surface area contributed by atoms with Gasteiger partial charge < -0.3 is 25.1 Å². The molecule has 1 atom stereocenters. The van der Waals surface area contributed by atoms with Crippen molar-refractivity contribution in [2.75, 3.05) is 12.4 Å². The lowest BCUT2D eigenvalue weighted by Gasteiger charge is -2.16. The second-order valence-electron chi connectivity index (χ2n) is 10.1. The van der Waals surface area contributed by atoms with E-state index in [-0.39, 0.29) is 12.3 Å². The van der Waals surface area contributed by atoms with Gasteiger partial charge in [-0.1, -0.05) is 54.6 Å². The standard InChI is InChI=1S/C35H28N4O5S/c1-43-35(42)30(18-24-20-36-29-13-6-5-12-28(24)29)39-32(40)22-14-16-23(17-15-22)34-37-21-31(45-34)33(41)38-25-8-7-11-27(19-25)44-26-9-3-2-4-10-26/h2-17,19-21,30,36H,18H2,1H3,(H,38,41)(H,39,40)/t30-/m0/s1. The van der Waals surface area contributed by atoms with E-state index in [0.717, 1.165) is 22.0 Å². The highest BCUT2D eigenvalue weighted by atomic mass is 32.1. The lowest BCUT2D eigenvalue weighted by atomic mass is 10.0. The van der Waals surface area contributed by atoms with Crippen LogP contribution in [0.5, 0.6) is 11.5 Å². The summed E-state index contributed by atoms with van der Waals surface area (Å²) in [5, 5.41) is 7.30. The van der Waals surface area contributed by atoms with Crippen molar-refractivity contribution < 1.29 is 23.9 Å². The van der Waals surface area contributed by atoms with Gasteiger partial charge in [0.05, 0.1) is 13.3 Å². The fourth-order valence-electron chi connectivity index (χ4n) is 4.83. The number of ether oxygens (including phenoxy) is 2. The number of thiazole rings is 1. The first kappa shape index (κ1) is 29.3. The smallest absolute Gasteiger partial charge is 0.328 e.